The molecule has 2 heterocycles. The summed E-state index contributed by atoms with van der Waals surface area (Å²) in [5.41, 5.74) is -0.244. The van der Waals surface area contributed by atoms with Crippen molar-refractivity contribution in [2.75, 3.05) is 52.5 Å². The summed E-state index contributed by atoms with van der Waals surface area (Å²) in [6, 6.07) is 3.44. The maximum atomic E-state index is 14.3. The van der Waals surface area contributed by atoms with Gasteiger partial charge in [-0.05, 0) is 36.5 Å². The summed E-state index contributed by atoms with van der Waals surface area (Å²) in [6.45, 7) is 8.83. The van der Waals surface area contributed by atoms with Gasteiger partial charge in [0.1, 0.15) is 5.82 Å². The van der Waals surface area contributed by atoms with Crippen molar-refractivity contribution in [3.05, 3.63) is 29.6 Å². The summed E-state index contributed by atoms with van der Waals surface area (Å²) >= 11 is 0. The van der Waals surface area contributed by atoms with Gasteiger partial charge in [-0.2, -0.15) is 4.31 Å². The lowest BCUT2D eigenvalue weighted by molar-refractivity contribution is 0.0383. The number of halogens is 1. The molecule has 1 N–H and O–H groups in total. The number of sulfonamides is 1. The van der Waals surface area contributed by atoms with Gasteiger partial charge < -0.3 is 10.1 Å². The zero-order chi connectivity index (χ0) is 21.0. The third kappa shape index (κ3) is 5.53. The number of nitrogens with zero attached hydrogens (tertiary/aromatic N) is 2. The second kappa shape index (κ2) is 9.51. The Labute approximate surface area is 172 Å². The second-order valence-electron chi connectivity index (χ2n) is 8.12. The number of carbonyl (C=O) groups excluding carboxylic acids is 1. The van der Waals surface area contributed by atoms with Crippen molar-refractivity contribution in [3.8, 4) is 0 Å². The smallest absolute Gasteiger partial charge is 0.254 e. The summed E-state index contributed by atoms with van der Waals surface area (Å²) in [5.74, 6) is -0.810. The fraction of sp³-hybridized carbons (Fsp3) is 0.650. The molecule has 2 aliphatic rings. The third-order valence-corrected chi connectivity index (χ3v) is 7.30. The summed E-state index contributed by atoms with van der Waals surface area (Å²) in [7, 11) is -3.77. The lowest BCUT2D eigenvalue weighted by Crippen LogP contribution is -2.42. The van der Waals surface area contributed by atoms with Crippen molar-refractivity contribution in [3.63, 3.8) is 0 Å². The standard InChI is InChI=1S/C20H30FN3O4S/c1-15-11-16(2)14-24(13-15)29(26,27)17-3-4-19(21)18(12-17)20(25)22-5-6-23-7-9-28-10-8-23/h3-4,12,15-16H,5-11,13-14H2,1-2H3,(H,22,25). The van der Waals surface area contributed by atoms with E-state index in [-0.39, 0.29) is 22.3 Å². The van der Waals surface area contributed by atoms with Crippen LogP contribution in [0.3, 0.4) is 0 Å². The average Bonchev–Trinajstić information content (AvgIpc) is 2.68. The molecular weight excluding hydrogens is 397 g/mol. The quantitative estimate of drug-likeness (QED) is 0.745. The molecule has 162 valence electrons. The molecule has 0 bridgehead atoms. The fourth-order valence-corrected chi connectivity index (χ4v) is 5.74. The molecule has 0 saturated carbocycles. The summed E-state index contributed by atoms with van der Waals surface area (Å²) < 4.78 is 47.1. The number of nitrogens with one attached hydrogen (secondary N) is 1. The Bertz CT molecular complexity index is 817. The third-order valence-electron chi connectivity index (χ3n) is 5.47. The Kier molecular flexibility index (Phi) is 7.26. The molecule has 0 aliphatic carbocycles. The Hall–Kier alpha value is -1.55. The van der Waals surface area contributed by atoms with Gasteiger partial charge in [0.05, 0.1) is 23.7 Å². The van der Waals surface area contributed by atoms with E-state index in [4.69, 9.17) is 4.74 Å². The Morgan fingerprint density at radius 3 is 2.52 bits per heavy atom. The minimum absolute atomic E-state index is 0.0430. The normalized spacial score (nSPS) is 24.4. The van der Waals surface area contributed by atoms with Gasteiger partial charge in [0, 0.05) is 39.3 Å². The molecule has 2 aliphatic heterocycles. The van der Waals surface area contributed by atoms with Crippen LogP contribution >= 0.6 is 0 Å². The molecule has 0 radical (unpaired) electrons. The lowest BCUT2D eigenvalue weighted by atomic mass is 9.94. The number of carbonyl (C=O) groups is 1. The molecule has 2 unspecified atom stereocenters. The van der Waals surface area contributed by atoms with Gasteiger partial charge in [-0.25, -0.2) is 12.8 Å². The molecule has 29 heavy (non-hydrogen) atoms. The van der Waals surface area contributed by atoms with Gasteiger partial charge in [0.15, 0.2) is 0 Å². The summed E-state index contributed by atoms with van der Waals surface area (Å²) in [6.07, 6.45) is 0.978. The van der Waals surface area contributed by atoms with Crippen LogP contribution in [0.2, 0.25) is 0 Å². The minimum Gasteiger partial charge on any atom is -0.379 e. The van der Waals surface area contributed by atoms with Crippen molar-refractivity contribution >= 4 is 15.9 Å². The first-order valence-corrected chi connectivity index (χ1v) is 11.6. The molecule has 1 aromatic carbocycles. The van der Waals surface area contributed by atoms with Crippen molar-refractivity contribution < 1.29 is 22.3 Å². The van der Waals surface area contributed by atoms with Gasteiger partial charge in [-0.1, -0.05) is 13.8 Å². The first-order chi connectivity index (χ1) is 13.8. The number of piperidine rings is 1. The van der Waals surface area contributed by atoms with Crippen molar-refractivity contribution in [1.82, 2.24) is 14.5 Å². The van der Waals surface area contributed by atoms with E-state index in [0.717, 1.165) is 31.6 Å². The summed E-state index contributed by atoms with van der Waals surface area (Å²) in [5, 5.41) is 2.69. The van der Waals surface area contributed by atoms with Crippen LogP contribution < -0.4 is 5.32 Å². The highest BCUT2D eigenvalue weighted by Crippen LogP contribution is 2.27. The van der Waals surface area contributed by atoms with Crippen LogP contribution in [0.25, 0.3) is 0 Å². The monoisotopic (exact) mass is 427 g/mol. The predicted octanol–water partition coefficient (Wildman–Crippen LogP) is 1.55. The Morgan fingerprint density at radius 1 is 1.21 bits per heavy atom. The minimum atomic E-state index is -3.77. The van der Waals surface area contributed by atoms with Gasteiger partial charge in [-0.15, -0.1) is 0 Å². The highest BCUT2D eigenvalue weighted by molar-refractivity contribution is 7.89. The Morgan fingerprint density at radius 2 is 1.86 bits per heavy atom. The van der Waals surface area contributed by atoms with E-state index < -0.39 is 21.7 Å². The number of benzene rings is 1. The number of amides is 1. The highest BCUT2D eigenvalue weighted by atomic mass is 32.2. The van der Waals surface area contributed by atoms with E-state index in [2.05, 4.69) is 10.2 Å². The molecular formula is C20H30FN3O4S. The number of hydrogen-bond donors (Lipinski definition) is 1. The Balaban J connectivity index is 1.69. The number of hydrogen-bond acceptors (Lipinski definition) is 5. The largest absolute Gasteiger partial charge is 0.379 e. The van der Waals surface area contributed by atoms with Crippen LogP contribution in [0, 0.1) is 17.7 Å². The molecule has 0 spiro atoms. The van der Waals surface area contributed by atoms with E-state index in [0.29, 0.717) is 39.4 Å². The van der Waals surface area contributed by atoms with E-state index in [1.165, 1.54) is 10.4 Å². The highest BCUT2D eigenvalue weighted by Gasteiger charge is 2.32. The maximum absolute atomic E-state index is 14.3. The maximum Gasteiger partial charge on any atom is 0.254 e. The molecule has 9 heteroatoms. The zero-order valence-corrected chi connectivity index (χ0v) is 17.9. The molecule has 1 amide bonds. The molecule has 2 saturated heterocycles. The van der Waals surface area contributed by atoms with E-state index in [1.54, 1.807) is 0 Å². The predicted molar refractivity (Wildman–Crippen MR) is 108 cm³/mol. The lowest BCUT2D eigenvalue weighted by Gasteiger charge is -2.34. The number of morpholine rings is 1. The fourth-order valence-electron chi connectivity index (χ4n) is 4.04. The first kappa shape index (κ1) is 22.1. The molecule has 0 aromatic heterocycles. The van der Waals surface area contributed by atoms with Gasteiger partial charge in [0.25, 0.3) is 5.91 Å². The van der Waals surface area contributed by atoms with Crippen LogP contribution in [0.5, 0.6) is 0 Å². The van der Waals surface area contributed by atoms with Crippen LogP contribution in [0.4, 0.5) is 4.39 Å². The molecule has 2 fully saturated rings. The van der Waals surface area contributed by atoms with E-state index in [1.807, 2.05) is 13.8 Å². The van der Waals surface area contributed by atoms with Gasteiger partial charge in [0.2, 0.25) is 10.0 Å². The van der Waals surface area contributed by atoms with E-state index >= 15 is 0 Å². The molecule has 2 atom stereocenters. The average molecular weight is 428 g/mol. The van der Waals surface area contributed by atoms with Crippen LogP contribution in [-0.2, 0) is 14.8 Å². The van der Waals surface area contributed by atoms with Crippen LogP contribution in [-0.4, -0.2) is 76.0 Å². The van der Waals surface area contributed by atoms with Crippen molar-refractivity contribution in [1.29, 1.82) is 0 Å². The summed E-state index contributed by atoms with van der Waals surface area (Å²) in [4.78, 5) is 14.6. The van der Waals surface area contributed by atoms with E-state index in [9.17, 15) is 17.6 Å². The van der Waals surface area contributed by atoms with Crippen molar-refractivity contribution in [2.24, 2.45) is 11.8 Å². The number of rotatable bonds is 6. The molecule has 7 nitrogen and oxygen atoms in total. The van der Waals surface area contributed by atoms with Gasteiger partial charge >= 0.3 is 0 Å². The zero-order valence-electron chi connectivity index (χ0n) is 17.1. The van der Waals surface area contributed by atoms with Crippen LogP contribution in [0.15, 0.2) is 23.1 Å². The van der Waals surface area contributed by atoms with Crippen molar-refractivity contribution in [2.45, 2.75) is 25.2 Å². The topological polar surface area (TPSA) is 79.0 Å². The molecule has 1 aromatic rings. The van der Waals surface area contributed by atoms with Crippen LogP contribution in [0.1, 0.15) is 30.6 Å². The second-order valence-corrected chi connectivity index (χ2v) is 10.1. The SMILES string of the molecule is CC1CC(C)CN(S(=O)(=O)c2ccc(F)c(C(=O)NCCN3CCOCC3)c2)C1. The first-order valence-electron chi connectivity index (χ1n) is 10.2. The number of ether oxygens (including phenoxy) is 1. The van der Waals surface area contributed by atoms with Gasteiger partial charge in [-0.3, -0.25) is 9.69 Å². The molecule has 3 rings (SSSR count).